The number of benzene rings is 1. The number of carbonyl (C=O) groups is 2. The van der Waals surface area contributed by atoms with Gasteiger partial charge in [0, 0.05) is 11.6 Å². The molecule has 1 heterocycles. The van der Waals surface area contributed by atoms with E-state index in [-0.39, 0.29) is 41.2 Å². The average Bonchev–Trinajstić information content (AvgIpc) is 2.87. The normalized spacial score (nSPS) is 26.0. The van der Waals surface area contributed by atoms with E-state index < -0.39 is 16.4 Å². The van der Waals surface area contributed by atoms with Crippen molar-refractivity contribution in [3.8, 4) is 0 Å². The molecule has 1 aromatic rings. The molecule has 6 nitrogen and oxygen atoms in total. The Kier molecular flexibility index (Phi) is 2.66. The smallest absolute Gasteiger partial charge is 0.277 e. The van der Waals surface area contributed by atoms with E-state index in [1.54, 1.807) is 0 Å². The van der Waals surface area contributed by atoms with Gasteiger partial charge in [0.05, 0.1) is 23.3 Å². The van der Waals surface area contributed by atoms with Gasteiger partial charge in [0.15, 0.2) is 0 Å². The Labute approximate surface area is 119 Å². The molecule has 2 unspecified atom stereocenters. The van der Waals surface area contributed by atoms with Gasteiger partial charge in [-0.05, 0) is 5.41 Å². The quantitative estimate of drug-likeness (QED) is 0.484. The molecule has 0 bridgehead atoms. The predicted molar refractivity (Wildman–Crippen MR) is 69.4 cm³/mol. The summed E-state index contributed by atoms with van der Waals surface area (Å²) in [6.45, 7) is 3.45. The van der Waals surface area contributed by atoms with Crippen LogP contribution in [0.25, 0.3) is 0 Å². The second-order valence-electron chi connectivity index (χ2n) is 6.05. The van der Waals surface area contributed by atoms with E-state index in [1.807, 2.05) is 13.8 Å². The Morgan fingerprint density at radius 3 is 2.38 bits per heavy atom. The fourth-order valence-corrected chi connectivity index (χ4v) is 3.16. The van der Waals surface area contributed by atoms with E-state index in [0.29, 0.717) is 0 Å². The summed E-state index contributed by atoms with van der Waals surface area (Å²) in [5.41, 5.74) is -1.01. The van der Waals surface area contributed by atoms with Crippen LogP contribution in [0.2, 0.25) is 0 Å². The first kappa shape index (κ1) is 13.7. The lowest BCUT2D eigenvalue weighted by molar-refractivity contribution is -0.387. The zero-order valence-electron chi connectivity index (χ0n) is 11.5. The number of nitrogens with zero attached hydrogens (tertiary/aromatic N) is 2. The molecule has 2 amide bonds. The molecule has 2 fully saturated rings. The summed E-state index contributed by atoms with van der Waals surface area (Å²) < 4.78 is 14.0. The van der Waals surface area contributed by atoms with Crippen LogP contribution in [0.4, 0.5) is 10.1 Å². The fraction of sp³-hybridized carbons (Fsp3) is 0.429. The molecule has 1 aliphatic carbocycles. The van der Waals surface area contributed by atoms with Gasteiger partial charge in [-0.2, -0.15) is 4.39 Å². The van der Waals surface area contributed by atoms with Gasteiger partial charge < -0.3 is 0 Å². The Morgan fingerprint density at radius 2 is 1.86 bits per heavy atom. The second-order valence-corrected chi connectivity index (χ2v) is 6.05. The van der Waals surface area contributed by atoms with Gasteiger partial charge in [0.1, 0.15) is 0 Å². The Hall–Kier alpha value is -2.31. The average molecular weight is 292 g/mol. The highest BCUT2D eigenvalue weighted by Crippen LogP contribution is 2.63. The van der Waals surface area contributed by atoms with Crippen LogP contribution in [0.15, 0.2) is 18.2 Å². The molecule has 0 aromatic heterocycles. The van der Waals surface area contributed by atoms with Crippen LogP contribution >= 0.6 is 0 Å². The van der Waals surface area contributed by atoms with Crippen LogP contribution < -0.4 is 0 Å². The number of imide groups is 1. The molecule has 110 valence electrons. The van der Waals surface area contributed by atoms with Gasteiger partial charge in [-0.25, -0.2) is 0 Å². The zero-order valence-corrected chi connectivity index (χ0v) is 11.5. The minimum atomic E-state index is -0.997. The topological polar surface area (TPSA) is 80.5 Å². The number of nitro benzene ring substituents is 1. The van der Waals surface area contributed by atoms with Crippen LogP contribution in [0.5, 0.6) is 0 Å². The second kappa shape index (κ2) is 4.09. The first-order valence-electron chi connectivity index (χ1n) is 6.54. The summed E-state index contributed by atoms with van der Waals surface area (Å²) in [5.74, 6) is -2.32. The van der Waals surface area contributed by atoms with E-state index in [4.69, 9.17) is 0 Å². The minimum absolute atomic E-state index is 0.0231. The Bertz CT molecular complexity index is 662. The number of hydrogen-bond donors (Lipinski definition) is 0. The molecule has 1 aliphatic heterocycles. The van der Waals surface area contributed by atoms with Crippen molar-refractivity contribution in [2.45, 2.75) is 20.4 Å². The number of rotatable bonds is 3. The Balaban J connectivity index is 1.87. The van der Waals surface area contributed by atoms with Crippen molar-refractivity contribution in [3.63, 3.8) is 0 Å². The third-order valence-electron chi connectivity index (χ3n) is 4.47. The molecule has 1 aromatic carbocycles. The number of amides is 2. The lowest BCUT2D eigenvalue weighted by Crippen LogP contribution is -2.35. The monoisotopic (exact) mass is 292 g/mol. The van der Waals surface area contributed by atoms with E-state index in [1.165, 1.54) is 12.1 Å². The van der Waals surface area contributed by atoms with Crippen molar-refractivity contribution < 1.29 is 18.9 Å². The van der Waals surface area contributed by atoms with Crippen LogP contribution in [-0.2, 0) is 16.1 Å². The molecular formula is C14H13FN2O4. The number of nitro groups is 1. The molecular weight excluding hydrogens is 279 g/mol. The van der Waals surface area contributed by atoms with Crippen LogP contribution in [0, 0.1) is 33.2 Å². The van der Waals surface area contributed by atoms with Crippen molar-refractivity contribution in [2.24, 2.45) is 17.3 Å². The van der Waals surface area contributed by atoms with Gasteiger partial charge in [-0.15, -0.1) is 0 Å². The standard InChI is InChI=1S/C14H13FN2O4/c1-14(2)9-10(14)13(19)16(12(9)18)6-7-4-3-5-8(11(7)15)17(20)21/h3-5,9-10H,6H2,1-2H3. The molecule has 7 heteroatoms. The highest BCUT2D eigenvalue weighted by atomic mass is 19.1. The molecule has 1 saturated heterocycles. The van der Waals surface area contributed by atoms with E-state index in [0.717, 1.165) is 11.0 Å². The maximum absolute atomic E-state index is 14.0. The lowest BCUT2D eigenvalue weighted by Gasteiger charge is -2.20. The summed E-state index contributed by atoms with van der Waals surface area (Å²) in [6, 6.07) is 3.73. The van der Waals surface area contributed by atoms with Gasteiger partial charge in [-0.3, -0.25) is 24.6 Å². The lowest BCUT2D eigenvalue weighted by atomic mass is 10.0. The maximum Gasteiger partial charge on any atom is 0.305 e. The number of piperidine rings is 1. The van der Waals surface area contributed by atoms with Crippen LogP contribution in [0.3, 0.4) is 0 Å². The molecule has 0 N–H and O–H groups in total. The van der Waals surface area contributed by atoms with Gasteiger partial charge in [-0.1, -0.05) is 26.0 Å². The molecule has 1 saturated carbocycles. The third kappa shape index (κ3) is 1.76. The van der Waals surface area contributed by atoms with Crippen LogP contribution in [-0.4, -0.2) is 21.6 Å². The van der Waals surface area contributed by atoms with Crippen molar-refractivity contribution >= 4 is 17.5 Å². The SMILES string of the molecule is CC1(C)C2C(=O)N(Cc3cccc([N+](=O)[O-])c3F)C(=O)C21. The molecule has 2 aliphatic rings. The molecule has 2 atom stereocenters. The number of likely N-dealkylation sites (tertiary alicyclic amines) is 1. The predicted octanol–water partition coefficient (Wildman–Crippen LogP) is 1.87. The number of halogens is 1. The Morgan fingerprint density at radius 1 is 1.29 bits per heavy atom. The zero-order chi connectivity index (χ0) is 15.5. The summed E-state index contributed by atoms with van der Waals surface area (Å²) in [7, 11) is 0. The van der Waals surface area contributed by atoms with Gasteiger partial charge in [0.2, 0.25) is 17.6 Å². The largest absolute Gasteiger partial charge is 0.305 e. The summed E-state index contributed by atoms with van der Waals surface area (Å²) in [4.78, 5) is 35.2. The van der Waals surface area contributed by atoms with Crippen LogP contribution in [0.1, 0.15) is 19.4 Å². The van der Waals surface area contributed by atoms with Gasteiger partial charge >= 0.3 is 5.69 Å². The van der Waals surface area contributed by atoms with Crippen molar-refractivity contribution in [1.29, 1.82) is 0 Å². The molecule has 0 radical (unpaired) electrons. The number of carbonyl (C=O) groups excluding carboxylic acids is 2. The van der Waals surface area contributed by atoms with Crippen molar-refractivity contribution in [3.05, 3.63) is 39.7 Å². The highest BCUT2D eigenvalue weighted by molar-refractivity contribution is 6.10. The summed E-state index contributed by atoms with van der Waals surface area (Å²) in [5, 5.41) is 10.7. The summed E-state index contributed by atoms with van der Waals surface area (Å²) >= 11 is 0. The molecule has 21 heavy (non-hydrogen) atoms. The first-order valence-corrected chi connectivity index (χ1v) is 6.54. The van der Waals surface area contributed by atoms with E-state index >= 15 is 0 Å². The number of hydrogen-bond acceptors (Lipinski definition) is 4. The highest BCUT2D eigenvalue weighted by Gasteiger charge is 2.72. The fourth-order valence-electron chi connectivity index (χ4n) is 3.16. The first-order chi connectivity index (χ1) is 9.76. The summed E-state index contributed by atoms with van der Waals surface area (Å²) in [6.07, 6.45) is 0. The van der Waals surface area contributed by atoms with Gasteiger partial charge in [0.25, 0.3) is 0 Å². The van der Waals surface area contributed by atoms with Crippen molar-refractivity contribution in [1.82, 2.24) is 4.90 Å². The molecule has 3 rings (SSSR count). The molecule has 0 spiro atoms. The number of fused-ring (bicyclic) bond motifs is 1. The van der Waals surface area contributed by atoms with E-state index in [9.17, 15) is 24.1 Å². The minimum Gasteiger partial charge on any atom is -0.277 e. The maximum atomic E-state index is 14.0. The van der Waals surface area contributed by atoms with E-state index in [2.05, 4.69) is 0 Å². The third-order valence-corrected chi connectivity index (χ3v) is 4.47. The van der Waals surface area contributed by atoms with Crippen molar-refractivity contribution in [2.75, 3.05) is 0 Å².